The molecule has 0 saturated heterocycles. The predicted molar refractivity (Wildman–Crippen MR) is 106 cm³/mol. The molecular weight excluding hydrogens is 359 g/mol. The molecule has 0 bridgehead atoms. The van der Waals surface area contributed by atoms with Crippen molar-refractivity contribution in [1.29, 1.82) is 0 Å². The van der Waals surface area contributed by atoms with Crippen LogP contribution in [0.25, 0.3) is 11.4 Å². The van der Waals surface area contributed by atoms with Gasteiger partial charge >= 0.3 is 0 Å². The number of aromatic nitrogens is 3. The lowest BCUT2D eigenvalue weighted by molar-refractivity contribution is 0.415. The van der Waals surface area contributed by atoms with E-state index in [2.05, 4.69) is 30.8 Å². The highest BCUT2D eigenvalue weighted by Gasteiger charge is 2.07. The van der Waals surface area contributed by atoms with Crippen molar-refractivity contribution in [2.75, 3.05) is 13.7 Å². The SMILES string of the molecule is CCNC(=NCc1ccc(F)cc1)NCc1nc(-c2ccc(OC)cc2)n[nH]1. The summed E-state index contributed by atoms with van der Waals surface area (Å²) in [6.45, 7) is 3.61. The quantitative estimate of drug-likeness (QED) is 0.432. The molecule has 28 heavy (non-hydrogen) atoms. The summed E-state index contributed by atoms with van der Waals surface area (Å²) in [5.41, 5.74) is 1.83. The molecule has 2 aromatic carbocycles. The number of guanidine groups is 1. The number of ether oxygens (including phenoxy) is 1. The molecule has 1 aromatic heterocycles. The Bertz CT molecular complexity index is 905. The molecule has 0 fully saturated rings. The minimum atomic E-state index is -0.254. The summed E-state index contributed by atoms with van der Waals surface area (Å²) in [6, 6.07) is 13.9. The monoisotopic (exact) mass is 382 g/mol. The molecule has 7 nitrogen and oxygen atoms in total. The Labute approximate surface area is 163 Å². The fourth-order valence-corrected chi connectivity index (χ4v) is 2.51. The number of H-pyrrole nitrogens is 1. The Hall–Kier alpha value is -3.42. The highest BCUT2D eigenvalue weighted by Crippen LogP contribution is 2.18. The molecule has 0 unspecified atom stereocenters. The Balaban J connectivity index is 1.61. The molecule has 0 radical (unpaired) electrons. The summed E-state index contributed by atoms with van der Waals surface area (Å²) in [7, 11) is 1.63. The fourth-order valence-electron chi connectivity index (χ4n) is 2.51. The normalized spacial score (nSPS) is 11.3. The van der Waals surface area contributed by atoms with Crippen LogP contribution in [0.2, 0.25) is 0 Å². The maximum absolute atomic E-state index is 13.0. The van der Waals surface area contributed by atoms with E-state index < -0.39 is 0 Å². The van der Waals surface area contributed by atoms with Crippen LogP contribution in [-0.2, 0) is 13.1 Å². The van der Waals surface area contributed by atoms with E-state index in [1.165, 1.54) is 12.1 Å². The molecule has 0 atom stereocenters. The van der Waals surface area contributed by atoms with Gasteiger partial charge in [0.25, 0.3) is 0 Å². The van der Waals surface area contributed by atoms with Crippen molar-refractivity contribution in [2.24, 2.45) is 4.99 Å². The topological polar surface area (TPSA) is 87.2 Å². The summed E-state index contributed by atoms with van der Waals surface area (Å²) in [6.07, 6.45) is 0. The van der Waals surface area contributed by atoms with E-state index in [1.54, 1.807) is 19.2 Å². The molecule has 0 amide bonds. The zero-order chi connectivity index (χ0) is 19.8. The van der Waals surface area contributed by atoms with Gasteiger partial charge in [0.05, 0.1) is 20.2 Å². The molecule has 1 heterocycles. The van der Waals surface area contributed by atoms with Crippen LogP contribution in [0.3, 0.4) is 0 Å². The van der Waals surface area contributed by atoms with Crippen molar-refractivity contribution in [1.82, 2.24) is 25.8 Å². The van der Waals surface area contributed by atoms with Gasteiger partial charge in [0.15, 0.2) is 11.8 Å². The second-order valence-electron chi connectivity index (χ2n) is 6.01. The number of nitrogens with zero attached hydrogens (tertiary/aromatic N) is 3. The number of hydrogen-bond donors (Lipinski definition) is 3. The van der Waals surface area contributed by atoms with Gasteiger partial charge in [-0.05, 0) is 48.9 Å². The summed E-state index contributed by atoms with van der Waals surface area (Å²) in [5.74, 6) is 2.49. The van der Waals surface area contributed by atoms with E-state index >= 15 is 0 Å². The van der Waals surface area contributed by atoms with E-state index in [9.17, 15) is 4.39 Å². The largest absolute Gasteiger partial charge is 0.497 e. The van der Waals surface area contributed by atoms with E-state index in [0.717, 1.165) is 23.4 Å². The van der Waals surface area contributed by atoms with Crippen molar-refractivity contribution >= 4 is 5.96 Å². The first kappa shape index (κ1) is 19.3. The Morgan fingerprint density at radius 1 is 1.11 bits per heavy atom. The van der Waals surface area contributed by atoms with Crippen LogP contribution in [0.5, 0.6) is 5.75 Å². The number of rotatable bonds is 7. The summed E-state index contributed by atoms with van der Waals surface area (Å²) in [5, 5.41) is 13.6. The maximum atomic E-state index is 13.0. The number of hydrogen-bond acceptors (Lipinski definition) is 4. The lowest BCUT2D eigenvalue weighted by Gasteiger charge is -2.10. The highest BCUT2D eigenvalue weighted by atomic mass is 19.1. The van der Waals surface area contributed by atoms with E-state index in [4.69, 9.17) is 4.74 Å². The maximum Gasteiger partial charge on any atom is 0.191 e. The van der Waals surface area contributed by atoms with Crippen LogP contribution in [0, 0.1) is 5.82 Å². The van der Waals surface area contributed by atoms with Crippen molar-refractivity contribution < 1.29 is 9.13 Å². The molecule has 3 aromatic rings. The molecule has 0 aliphatic carbocycles. The second-order valence-corrected chi connectivity index (χ2v) is 6.01. The smallest absolute Gasteiger partial charge is 0.191 e. The first-order chi connectivity index (χ1) is 13.7. The van der Waals surface area contributed by atoms with E-state index in [1.807, 2.05) is 31.2 Å². The molecule has 3 rings (SSSR count). The van der Waals surface area contributed by atoms with Crippen LogP contribution >= 0.6 is 0 Å². The van der Waals surface area contributed by atoms with Crippen LogP contribution in [0.4, 0.5) is 4.39 Å². The van der Waals surface area contributed by atoms with Gasteiger partial charge in [-0.1, -0.05) is 12.1 Å². The Morgan fingerprint density at radius 2 is 1.86 bits per heavy atom. The number of benzene rings is 2. The molecular formula is C20H23FN6O. The summed E-state index contributed by atoms with van der Waals surface area (Å²) in [4.78, 5) is 9.01. The van der Waals surface area contributed by atoms with Crippen molar-refractivity contribution in [3.63, 3.8) is 0 Å². The third-order valence-corrected chi connectivity index (χ3v) is 3.98. The minimum Gasteiger partial charge on any atom is -0.497 e. The van der Waals surface area contributed by atoms with E-state index in [-0.39, 0.29) is 5.82 Å². The van der Waals surface area contributed by atoms with Gasteiger partial charge in [-0.25, -0.2) is 14.4 Å². The first-order valence-corrected chi connectivity index (χ1v) is 9.00. The number of aliphatic imine (C=N–C) groups is 1. The van der Waals surface area contributed by atoms with Crippen LogP contribution in [-0.4, -0.2) is 34.8 Å². The van der Waals surface area contributed by atoms with Gasteiger partial charge in [0, 0.05) is 12.1 Å². The van der Waals surface area contributed by atoms with Crippen molar-refractivity contribution in [2.45, 2.75) is 20.0 Å². The molecule has 146 valence electrons. The van der Waals surface area contributed by atoms with Gasteiger partial charge < -0.3 is 15.4 Å². The average Bonchev–Trinajstić information content (AvgIpc) is 3.20. The van der Waals surface area contributed by atoms with Crippen molar-refractivity contribution in [3.8, 4) is 17.1 Å². The summed E-state index contributed by atoms with van der Waals surface area (Å²) >= 11 is 0. The molecule has 0 saturated carbocycles. The van der Waals surface area contributed by atoms with Crippen LogP contribution in [0.1, 0.15) is 18.3 Å². The minimum absolute atomic E-state index is 0.254. The summed E-state index contributed by atoms with van der Waals surface area (Å²) < 4.78 is 18.2. The third kappa shape index (κ3) is 5.29. The zero-order valence-electron chi connectivity index (χ0n) is 15.9. The highest BCUT2D eigenvalue weighted by molar-refractivity contribution is 5.79. The Morgan fingerprint density at radius 3 is 2.54 bits per heavy atom. The molecule has 0 aliphatic heterocycles. The van der Waals surface area contributed by atoms with Gasteiger partial charge in [0.1, 0.15) is 17.4 Å². The number of methoxy groups -OCH3 is 1. The predicted octanol–water partition coefficient (Wildman–Crippen LogP) is 2.87. The van der Waals surface area contributed by atoms with Gasteiger partial charge in [-0.2, -0.15) is 5.10 Å². The Kier molecular flexibility index (Phi) is 6.56. The van der Waals surface area contributed by atoms with Gasteiger partial charge in [-0.15, -0.1) is 0 Å². The second kappa shape index (κ2) is 9.50. The lowest BCUT2D eigenvalue weighted by atomic mass is 10.2. The average molecular weight is 382 g/mol. The molecule has 0 spiro atoms. The molecule has 0 aliphatic rings. The molecule has 3 N–H and O–H groups in total. The van der Waals surface area contributed by atoms with E-state index in [0.29, 0.717) is 30.7 Å². The first-order valence-electron chi connectivity index (χ1n) is 9.00. The van der Waals surface area contributed by atoms with Crippen LogP contribution < -0.4 is 15.4 Å². The van der Waals surface area contributed by atoms with Crippen LogP contribution in [0.15, 0.2) is 53.5 Å². The third-order valence-electron chi connectivity index (χ3n) is 3.98. The lowest BCUT2D eigenvalue weighted by Crippen LogP contribution is -2.37. The number of aromatic amines is 1. The van der Waals surface area contributed by atoms with Gasteiger partial charge in [-0.3, -0.25) is 5.10 Å². The fraction of sp³-hybridized carbons (Fsp3) is 0.250. The standard InChI is InChI=1S/C20H23FN6O/c1-3-22-20(23-12-14-4-8-16(21)9-5-14)24-13-18-25-19(27-26-18)15-6-10-17(28-2)11-7-15/h4-11H,3,12-13H2,1-2H3,(H2,22,23,24)(H,25,26,27). The number of halogens is 1. The number of nitrogens with one attached hydrogen (secondary N) is 3. The van der Waals surface area contributed by atoms with Crippen molar-refractivity contribution in [3.05, 3.63) is 65.7 Å². The molecule has 8 heteroatoms. The zero-order valence-corrected chi connectivity index (χ0v) is 15.9. The van der Waals surface area contributed by atoms with Gasteiger partial charge in [0.2, 0.25) is 0 Å².